The third-order valence-electron chi connectivity index (χ3n) is 7.50. The lowest BCUT2D eigenvalue weighted by Crippen LogP contribution is -2.52. The van der Waals surface area contributed by atoms with Gasteiger partial charge in [0.2, 0.25) is 5.91 Å². The Kier molecular flexibility index (Phi) is 10.3. The van der Waals surface area contributed by atoms with Gasteiger partial charge in [0, 0.05) is 26.0 Å². The summed E-state index contributed by atoms with van der Waals surface area (Å²) in [5.41, 5.74) is 2.63. The van der Waals surface area contributed by atoms with Gasteiger partial charge in [0.1, 0.15) is 5.75 Å². The summed E-state index contributed by atoms with van der Waals surface area (Å²) in [5, 5.41) is 7.09. The first-order chi connectivity index (χ1) is 20.4. The molecular weight excluding hydrogens is 607 g/mol. The number of amides is 2. The third kappa shape index (κ3) is 6.87. The molecule has 1 saturated heterocycles. The Morgan fingerprint density at radius 1 is 0.976 bits per heavy atom. The van der Waals surface area contributed by atoms with Crippen LogP contribution in [0.2, 0.25) is 10.0 Å². The number of carbonyl (C=O) groups is 2. The SMILES string of the molecule is CSCCCOc1ccc(-c2sc(C(=O)NC(=O)C3(c4ccccc4)CCNCC3)cc2-c2ccc(Cl)cc2Cl)cc1. The second-order valence-corrected chi connectivity index (χ2v) is 13.1. The fourth-order valence-electron chi connectivity index (χ4n) is 5.26. The molecule has 0 spiro atoms. The molecule has 4 aromatic rings. The number of imide groups is 1. The number of ether oxygens (including phenoxy) is 1. The maximum Gasteiger partial charge on any atom is 0.267 e. The molecule has 0 atom stereocenters. The largest absolute Gasteiger partial charge is 0.494 e. The molecule has 2 heterocycles. The van der Waals surface area contributed by atoms with Crippen molar-refractivity contribution in [3.8, 4) is 27.3 Å². The average Bonchev–Trinajstić information content (AvgIpc) is 3.46. The van der Waals surface area contributed by atoms with E-state index in [1.807, 2.05) is 66.7 Å². The van der Waals surface area contributed by atoms with E-state index in [0.717, 1.165) is 45.1 Å². The van der Waals surface area contributed by atoms with Crippen LogP contribution in [0.3, 0.4) is 0 Å². The third-order valence-corrected chi connectivity index (χ3v) is 9.93. The minimum absolute atomic E-state index is 0.274. The molecule has 1 aliphatic heterocycles. The van der Waals surface area contributed by atoms with E-state index in [2.05, 4.69) is 16.9 Å². The molecule has 1 aliphatic rings. The lowest BCUT2D eigenvalue weighted by atomic mass is 9.72. The van der Waals surface area contributed by atoms with Gasteiger partial charge >= 0.3 is 0 Å². The van der Waals surface area contributed by atoms with Gasteiger partial charge in [-0.15, -0.1) is 11.3 Å². The molecule has 5 nitrogen and oxygen atoms in total. The highest BCUT2D eigenvalue weighted by Gasteiger charge is 2.42. The van der Waals surface area contributed by atoms with E-state index in [-0.39, 0.29) is 5.91 Å². The maximum absolute atomic E-state index is 13.8. The first-order valence-electron chi connectivity index (χ1n) is 13.8. The molecule has 3 aromatic carbocycles. The van der Waals surface area contributed by atoms with Gasteiger partial charge in [-0.1, -0.05) is 59.6 Å². The number of piperidine rings is 1. The molecule has 5 rings (SSSR count). The highest BCUT2D eigenvalue weighted by atomic mass is 35.5. The summed E-state index contributed by atoms with van der Waals surface area (Å²) < 4.78 is 5.89. The van der Waals surface area contributed by atoms with Gasteiger partial charge in [-0.05, 0) is 98.0 Å². The van der Waals surface area contributed by atoms with Crippen LogP contribution < -0.4 is 15.4 Å². The molecule has 0 radical (unpaired) electrons. The molecule has 1 aromatic heterocycles. The van der Waals surface area contributed by atoms with Crippen molar-refractivity contribution < 1.29 is 14.3 Å². The van der Waals surface area contributed by atoms with Crippen molar-refractivity contribution in [3.63, 3.8) is 0 Å². The van der Waals surface area contributed by atoms with E-state index in [9.17, 15) is 9.59 Å². The van der Waals surface area contributed by atoms with E-state index in [0.29, 0.717) is 47.5 Å². The molecule has 218 valence electrons. The second-order valence-electron chi connectivity index (χ2n) is 10.2. The van der Waals surface area contributed by atoms with Crippen molar-refractivity contribution in [2.24, 2.45) is 0 Å². The summed E-state index contributed by atoms with van der Waals surface area (Å²) >= 11 is 15.9. The summed E-state index contributed by atoms with van der Waals surface area (Å²) in [6, 6.07) is 24.7. The summed E-state index contributed by atoms with van der Waals surface area (Å²) in [5.74, 6) is 1.14. The van der Waals surface area contributed by atoms with Gasteiger partial charge in [-0.3, -0.25) is 14.9 Å². The van der Waals surface area contributed by atoms with E-state index >= 15 is 0 Å². The number of benzene rings is 3. The van der Waals surface area contributed by atoms with Crippen LogP contribution in [0.15, 0.2) is 78.9 Å². The Hall–Kier alpha value is -2.81. The number of thiophene rings is 1. The molecule has 0 saturated carbocycles. The topological polar surface area (TPSA) is 67.4 Å². The zero-order chi connectivity index (χ0) is 29.5. The van der Waals surface area contributed by atoms with Gasteiger partial charge in [-0.25, -0.2) is 0 Å². The summed E-state index contributed by atoms with van der Waals surface area (Å²) in [7, 11) is 0. The number of hydrogen-bond donors (Lipinski definition) is 2. The minimum Gasteiger partial charge on any atom is -0.494 e. The predicted molar refractivity (Wildman–Crippen MR) is 176 cm³/mol. The Morgan fingerprint density at radius 2 is 1.71 bits per heavy atom. The Morgan fingerprint density at radius 3 is 2.40 bits per heavy atom. The monoisotopic (exact) mass is 638 g/mol. The Balaban J connectivity index is 1.45. The van der Waals surface area contributed by atoms with E-state index in [1.54, 1.807) is 23.9 Å². The zero-order valence-electron chi connectivity index (χ0n) is 23.3. The van der Waals surface area contributed by atoms with Crippen molar-refractivity contribution in [1.82, 2.24) is 10.6 Å². The van der Waals surface area contributed by atoms with Crippen molar-refractivity contribution in [2.45, 2.75) is 24.7 Å². The molecule has 2 N–H and O–H groups in total. The van der Waals surface area contributed by atoms with Crippen molar-refractivity contribution >= 4 is 58.1 Å². The second kappa shape index (κ2) is 14.1. The first kappa shape index (κ1) is 30.6. The van der Waals surface area contributed by atoms with Gasteiger partial charge in [0.05, 0.1) is 16.9 Å². The minimum atomic E-state index is -0.768. The normalized spacial score (nSPS) is 14.4. The van der Waals surface area contributed by atoms with Gasteiger partial charge in [0.15, 0.2) is 0 Å². The number of rotatable bonds is 10. The first-order valence-corrected chi connectivity index (χ1v) is 16.8. The molecule has 42 heavy (non-hydrogen) atoms. The number of hydrogen-bond acceptors (Lipinski definition) is 6. The fourth-order valence-corrected chi connectivity index (χ4v) is 7.25. The van der Waals surface area contributed by atoms with Crippen LogP contribution in [-0.4, -0.2) is 43.5 Å². The highest BCUT2D eigenvalue weighted by molar-refractivity contribution is 7.98. The number of nitrogens with one attached hydrogen (secondary N) is 2. The molecule has 0 unspecified atom stereocenters. The number of halogens is 2. The molecule has 9 heteroatoms. The summed E-state index contributed by atoms with van der Waals surface area (Å²) in [4.78, 5) is 28.7. The van der Waals surface area contributed by atoms with Crippen molar-refractivity contribution in [3.05, 3.63) is 99.3 Å². The number of carbonyl (C=O) groups excluding carboxylic acids is 2. The molecule has 0 aliphatic carbocycles. The lowest BCUT2D eigenvalue weighted by Gasteiger charge is -2.36. The van der Waals surface area contributed by atoms with Crippen LogP contribution >= 0.6 is 46.3 Å². The smallest absolute Gasteiger partial charge is 0.267 e. The van der Waals surface area contributed by atoms with E-state index in [1.165, 1.54) is 11.3 Å². The molecule has 0 bridgehead atoms. The van der Waals surface area contributed by atoms with Crippen molar-refractivity contribution in [2.75, 3.05) is 31.7 Å². The van der Waals surface area contributed by atoms with Crippen LogP contribution in [0, 0.1) is 0 Å². The quantitative estimate of drug-likeness (QED) is 0.136. The van der Waals surface area contributed by atoms with Gasteiger partial charge in [0.25, 0.3) is 5.91 Å². The van der Waals surface area contributed by atoms with Crippen LogP contribution in [0.5, 0.6) is 5.75 Å². The molecule has 2 amide bonds. The summed E-state index contributed by atoms with van der Waals surface area (Å²) in [6.45, 7) is 2.07. The Bertz CT molecular complexity index is 1530. The Labute approximate surface area is 265 Å². The molecule has 1 fully saturated rings. The summed E-state index contributed by atoms with van der Waals surface area (Å²) in [6.07, 6.45) is 4.29. The lowest BCUT2D eigenvalue weighted by molar-refractivity contribution is -0.126. The molecular formula is C33H32Cl2N2O3S2. The van der Waals surface area contributed by atoms with Crippen LogP contribution in [-0.2, 0) is 10.2 Å². The fraction of sp³-hybridized carbons (Fsp3) is 0.273. The van der Waals surface area contributed by atoms with Crippen LogP contribution in [0.25, 0.3) is 21.6 Å². The average molecular weight is 640 g/mol. The zero-order valence-corrected chi connectivity index (χ0v) is 26.4. The maximum atomic E-state index is 13.8. The highest BCUT2D eigenvalue weighted by Crippen LogP contribution is 2.43. The van der Waals surface area contributed by atoms with Gasteiger partial charge < -0.3 is 10.1 Å². The van der Waals surface area contributed by atoms with Crippen LogP contribution in [0.4, 0.5) is 0 Å². The predicted octanol–water partition coefficient (Wildman–Crippen LogP) is 8.10. The number of thioether (sulfide) groups is 1. The van der Waals surface area contributed by atoms with Crippen LogP contribution in [0.1, 0.15) is 34.5 Å². The van der Waals surface area contributed by atoms with E-state index < -0.39 is 11.3 Å². The standard InChI is InChI=1S/C33H32Cl2N2O3S2/c1-41-19-5-18-40-25-11-8-22(9-12-25)30-27(26-13-10-24(34)20-28(26)35)21-29(42-30)31(38)37-32(39)33(14-16-36-17-15-33)23-6-3-2-4-7-23/h2-4,6-13,20-21,36H,5,14-19H2,1H3,(H,37,38,39). The van der Waals surface area contributed by atoms with Gasteiger partial charge in [-0.2, -0.15) is 11.8 Å². The van der Waals surface area contributed by atoms with Crippen molar-refractivity contribution in [1.29, 1.82) is 0 Å². The van der Waals surface area contributed by atoms with E-state index in [4.69, 9.17) is 27.9 Å².